The molecular weight excluding hydrogens is 538 g/mol. The monoisotopic (exact) mass is 569 g/mol. The molecule has 0 saturated heterocycles. The van der Waals surface area contributed by atoms with Crippen LogP contribution in [0.3, 0.4) is 0 Å². The average molecular weight is 570 g/mol. The Balaban J connectivity index is 1.30. The van der Waals surface area contributed by atoms with Crippen molar-refractivity contribution in [1.29, 1.82) is 0 Å². The van der Waals surface area contributed by atoms with Gasteiger partial charge >= 0.3 is 0 Å². The van der Waals surface area contributed by atoms with E-state index in [2.05, 4.69) is 118 Å². The normalized spacial score (nSPS) is 12.9. The molecule has 2 aromatic heterocycles. The molecular formula is C39H31N5. The first kappa shape index (κ1) is 26.0. The van der Waals surface area contributed by atoms with Crippen LogP contribution < -0.4 is 11.1 Å². The van der Waals surface area contributed by atoms with Crippen LogP contribution >= 0.6 is 0 Å². The van der Waals surface area contributed by atoms with Crippen LogP contribution in [0, 0.1) is 0 Å². The maximum atomic E-state index is 6.53. The number of nitrogens with one attached hydrogen (secondary N) is 1. The van der Waals surface area contributed by atoms with Gasteiger partial charge in [-0.2, -0.15) is 0 Å². The predicted molar refractivity (Wildman–Crippen MR) is 183 cm³/mol. The second kappa shape index (κ2) is 10.9. The zero-order chi connectivity index (χ0) is 29.5. The van der Waals surface area contributed by atoms with Crippen molar-refractivity contribution in [3.8, 4) is 5.69 Å². The Bertz CT molecular complexity index is 2280. The van der Waals surface area contributed by atoms with Gasteiger partial charge in [-0.15, -0.1) is 0 Å². The van der Waals surface area contributed by atoms with Crippen molar-refractivity contribution in [2.24, 2.45) is 10.7 Å². The molecule has 8 rings (SSSR count). The fourth-order valence-corrected chi connectivity index (χ4v) is 6.41. The van der Waals surface area contributed by atoms with E-state index in [1.807, 2.05) is 48.5 Å². The Morgan fingerprint density at radius 1 is 0.568 bits per heavy atom. The van der Waals surface area contributed by atoms with E-state index in [9.17, 15) is 0 Å². The summed E-state index contributed by atoms with van der Waals surface area (Å²) < 4.78 is 4.73. The molecule has 0 fully saturated rings. The lowest BCUT2D eigenvalue weighted by Gasteiger charge is -2.18. The predicted octanol–water partition coefficient (Wildman–Crippen LogP) is 8.54. The van der Waals surface area contributed by atoms with Crippen LogP contribution in [0.5, 0.6) is 0 Å². The number of nitrogens with zero attached hydrogens (tertiary/aromatic N) is 3. The second-order valence-electron chi connectivity index (χ2n) is 11.1. The summed E-state index contributed by atoms with van der Waals surface area (Å²) in [5, 5.41) is 8.69. The Morgan fingerprint density at radius 3 is 1.86 bits per heavy atom. The molecule has 0 aliphatic rings. The first-order valence-corrected chi connectivity index (χ1v) is 14.9. The van der Waals surface area contributed by atoms with Crippen LogP contribution in [0.25, 0.3) is 49.3 Å². The highest BCUT2D eigenvalue weighted by Gasteiger charge is 2.18. The van der Waals surface area contributed by atoms with Crippen molar-refractivity contribution in [3.05, 3.63) is 163 Å². The average Bonchev–Trinajstić information content (AvgIpc) is 3.58. The number of aliphatic imine (C=N–C) groups is 1. The van der Waals surface area contributed by atoms with E-state index in [-0.39, 0.29) is 6.17 Å². The number of hydrogen-bond acceptors (Lipinski definition) is 2. The Labute approximate surface area is 255 Å². The summed E-state index contributed by atoms with van der Waals surface area (Å²) in [4.78, 5) is 4.97. The van der Waals surface area contributed by atoms with Gasteiger partial charge < -0.3 is 14.9 Å². The lowest BCUT2D eigenvalue weighted by Crippen LogP contribution is -2.26. The number of aromatic nitrogens is 2. The minimum Gasteiger partial charge on any atom is -0.383 e. The van der Waals surface area contributed by atoms with Crippen LogP contribution in [0.1, 0.15) is 17.3 Å². The van der Waals surface area contributed by atoms with E-state index in [1.165, 1.54) is 38.1 Å². The summed E-state index contributed by atoms with van der Waals surface area (Å²) in [5.41, 5.74) is 14.4. The third kappa shape index (κ3) is 4.42. The molecule has 0 radical (unpaired) electrons. The quantitative estimate of drug-likeness (QED) is 0.149. The molecule has 0 amide bonds. The SMILES string of the molecule is N/C(=N\C(NCn1c2ccccc2c2cc3c4ccccc4n(-c4ccccc4)c3cc21)c1ccccc1)c1ccccc1. The molecule has 1 atom stereocenters. The summed E-state index contributed by atoms with van der Waals surface area (Å²) in [6.07, 6.45) is -0.327. The number of benzene rings is 6. The van der Waals surface area contributed by atoms with Gasteiger partial charge in [0.25, 0.3) is 0 Å². The molecule has 1 unspecified atom stereocenters. The largest absolute Gasteiger partial charge is 0.383 e. The summed E-state index contributed by atoms with van der Waals surface area (Å²) >= 11 is 0. The molecule has 0 bridgehead atoms. The maximum Gasteiger partial charge on any atom is 0.129 e. The van der Waals surface area contributed by atoms with Crippen LogP contribution in [0.2, 0.25) is 0 Å². The van der Waals surface area contributed by atoms with Gasteiger partial charge in [0.1, 0.15) is 12.0 Å². The molecule has 212 valence electrons. The molecule has 3 N–H and O–H groups in total. The van der Waals surface area contributed by atoms with Crippen molar-refractivity contribution in [2.45, 2.75) is 12.8 Å². The number of nitrogens with two attached hydrogens (primary N) is 1. The van der Waals surface area contributed by atoms with Crippen molar-refractivity contribution in [1.82, 2.24) is 14.5 Å². The van der Waals surface area contributed by atoms with E-state index in [0.717, 1.165) is 22.3 Å². The number of para-hydroxylation sites is 3. The highest BCUT2D eigenvalue weighted by Crippen LogP contribution is 2.38. The molecule has 2 heterocycles. The van der Waals surface area contributed by atoms with Gasteiger partial charge in [-0.3, -0.25) is 5.32 Å². The first-order valence-electron chi connectivity index (χ1n) is 14.9. The van der Waals surface area contributed by atoms with Crippen molar-refractivity contribution >= 4 is 49.4 Å². The van der Waals surface area contributed by atoms with Gasteiger partial charge in [-0.05, 0) is 42.0 Å². The minimum atomic E-state index is -0.327. The van der Waals surface area contributed by atoms with Gasteiger partial charge in [0, 0.05) is 32.8 Å². The highest BCUT2D eigenvalue weighted by atomic mass is 15.2. The lowest BCUT2D eigenvalue weighted by molar-refractivity contribution is 0.491. The van der Waals surface area contributed by atoms with Gasteiger partial charge in [0.05, 0.1) is 28.7 Å². The molecule has 0 saturated carbocycles. The number of hydrogen-bond donors (Lipinski definition) is 2. The van der Waals surface area contributed by atoms with E-state index in [1.54, 1.807) is 0 Å². The molecule has 0 aliphatic heterocycles. The standard InChI is InChI=1S/C39H31N5/c40-38(27-14-4-1-5-15-27)42-39(28-16-6-2-7-17-28)41-26-43-34-22-12-10-20-30(34)32-24-33-31-21-11-13-23-35(31)44(37(33)25-36(32)43)29-18-8-3-9-19-29/h1-25,39,41H,26H2,(H2,40,42). The molecule has 5 heteroatoms. The number of rotatable bonds is 7. The Morgan fingerprint density at radius 2 is 1.14 bits per heavy atom. The van der Waals surface area contributed by atoms with Gasteiger partial charge in [0.2, 0.25) is 0 Å². The van der Waals surface area contributed by atoms with Crippen LogP contribution in [0.4, 0.5) is 0 Å². The molecule has 0 spiro atoms. The summed E-state index contributed by atoms with van der Waals surface area (Å²) in [6, 6.07) is 52.9. The summed E-state index contributed by atoms with van der Waals surface area (Å²) in [6.45, 7) is 0.548. The van der Waals surface area contributed by atoms with E-state index >= 15 is 0 Å². The maximum absolute atomic E-state index is 6.53. The van der Waals surface area contributed by atoms with Gasteiger partial charge in [-0.1, -0.05) is 115 Å². The number of amidine groups is 1. The third-order valence-electron chi connectivity index (χ3n) is 8.48. The Hall–Kier alpha value is -5.65. The zero-order valence-electron chi connectivity index (χ0n) is 24.1. The van der Waals surface area contributed by atoms with Crippen LogP contribution in [-0.4, -0.2) is 15.0 Å². The fourth-order valence-electron chi connectivity index (χ4n) is 6.41. The zero-order valence-corrected chi connectivity index (χ0v) is 24.1. The smallest absolute Gasteiger partial charge is 0.129 e. The molecule has 8 aromatic rings. The minimum absolute atomic E-state index is 0.327. The fraction of sp³-hybridized carbons (Fsp3) is 0.0513. The van der Waals surface area contributed by atoms with E-state index < -0.39 is 0 Å². The van der Waals surface area contributed by atoms with Crippen LogP contribution in [0.15, 0.2) is 157 Å². The van der Waals surface area contributed by atoms with Gasteiger partial charge in [-0.25, -0.2) is 4.99 Å². The van der Waals surface area contributed by atoms with Crippen molar-refractivity contribution in [3.63, 3.8) is 0 Å². The van der Waals surface area contributed by atoms with E-state index in [0.29, 0.717) is 12.5 Å². The molecule has 5 nitrogen and oxygen atoms in total. The van der Waals surface area contributed by atoms with Crippen molar-refractivity contribution in [2.75, 3.05) is 0 Å². The van der Waals surface area contributed by atoms with Crippen LogP contribution in [-0.2, 0) is 6.67 Å². The molecule has 0 aliphatic carbocycles. The number of fused-ring (bicyclic) bond motifs is 6. The highest BCUT2D eigenvalue weighted by molar-refractivity contribution is 6.18. The summed E-state index contributed by atoms with van der Waals surface area (Å²) in [5.74, 6) is 0.503. The van der Waals surface area contributed by atoms with Crippen molar-refractivity contribution < 1.29 is 0 Å². The molecule has 6 aromatic carbocycles. The Kier molecular flexibility index (Phi) is 6.43. The molecule has 44 heavy (non-hydrogen) atoms. The topological polar surface area (TPSA) is 60.3 Å². The second-order valence-corrected chi connectivity index (χ2v) is 11.1. The lowest BCUT2D eigenvalue weighted by atomic mass is 10.1. The third-order valence-corrected chi connectivity index (χ3v) is 8.48. The first-order chi connectivity index (χ1) is 21.8. The van der Waals surface area contributed by atoms with Gasteiger partial charge in [0.15, 0.2) is 0 Å². The summed E-state index contributed by atoms with van der Waals surface area (Å²) in [7, 11) is 0. The van der Waals surface area contributed by atoms with E-state index in [4.69, 9.17) is 10.7 Å².